The van der Waals surface area contributed by atoms with Crippen LogP contribution in [0.15, 0.2) is 0 Å². The van der Waals surface area contributed by atoms with E-state index < -0.39 is 10.9 Å². The summed E-state index contributed by atoms with van der Waals surface area (Å²) < 4.78 is 13.8. The molecular formula is C7H10Cl2O5. The molecule has 0 saturated carbocycles. The fourth-order valence-corrected chi connectivity index (χ4v) is 0.751. The van der Waals surface area contributed by atoms with E-state index in [4.69, 9.17) is 27.9 Å². The van der Waals surface area contributed by atoms with Gasteiger partial charge in [0.2, 0.25) is 0 Å². The van der Waals surface area contributed by atoms with Crippen molar-refractivity contribution in [3.05, 3.63) is 0 Å². The highest BCUT2D eigenvalue weighted by Gasteiger charge is 1.96. The summed E-state index contributed by atoms with van der Waals surface area (Å²) in [7, 11) is 0. The molecule has 0 N–H and O–H groups in total. The van der Waals surface area contributed by atoms with E-state index in [-0.39, 0.29) is 19.8 Å². The van der Waals surface area contributed by atoms with Crippen molar-refractivity contribution in [2.45, 2.75) is 6.42 Å². The van der Waals surface area contributed by atoms with Gasteiger partial charge < -0.3 is 14.2 Å². The van der Waals surface area contributed by atoms with Gasteiger partial charge >= 0.3 is 10.9 Å². The van der Waals surface area contributed by atoms with Crippen LogP contribution in [0.2, 0.25) is 0 Å². The topological polar surface area (TPSA) is 61.8 Å². The maximum atomic E-state index is 10.1. The van der Waals surface area contributed by atoms with Crippen LogP contribution >= 0.6 is 23.2 Å². The van der Waals surface area contributed by atoms with Gasteiger partial charge in [-0.1, -0.05) is 0 Å². The maximum absolute atomic E-state index is 10.1. The first-order chi connectivity index (χ1) is 6.63. The fraction of sp³-hybridized carbons (Fsp3) is 0.714. The summed E-state index contributed by atoms with van der Waals surface area (Å²) in [5, 5.41) is 0. The molecule has 0 radical (unpaired) electrons. The summed E-state index contributed by atoms with van der Waals surface area (Å²) >= 11 is 9.79. The third-order valence-electron chi connectivity index (χ3n) is 1.09. The lowest BCUT2D eigenvalue weighted by molar-refractivity contribution is 0.0718. The van der Waals surface area contributed by atoms with Gasteiger partial charge in [0.05, 0.1) is 13.2 Å². The molecule has 14 heavy (non-hydrogen) atoms. The fourth-order valence-electron chi connectivity index (χ4n) is 0.596. The molecule has 0 amide bonds. The molecule has 7 heteroatoms. The zero-order valence-corrected chi connectivity index (χ0v) is 8.84. The van der Waals surface area contributed by atoms with Crippen LogP contribution in [0.3, 0.4) is 0 Å². The standard InChI is InChI=1S/C7H10Cl2O5/c8-6(10)13-3-1-2-12-4-5-14-7(9)11/h1-5H2. The van der Waals surface area contributed by atoms with Crippen molar-refractivity contribution in [2.75, 3.05) is 26.4 Å². The molecule has 0 spiro atoms. The molecule has 0 aromatic heterocycles. The number of carbonyl (C=O) groups is 2. The van der Waals surface area contributed by atoms with Crippen molar-refractivity contribution in [3.8, 4) is 0 Å². The molecule has 0 bridgehead atoms. The Kier molecular flexibility index (Phi) is 8.72. The zero-order chi connectivity index (χ0) is 10.8. The first kappa shape index (κ1) is 13.5. The highest BCUT2D eigenvalue weighted by molar-refractivity contribution is 6.61. The van der Waals surface area contributed by atoms with E-state index in [1.807, 2.05) is 0 Å². The van der Waals surface area contributed by atoms with Gasteiger partial charge in [-0.05, 0) is 0 Å². The molecule has 0 fully saturated rings. The Morgan fingerprint density at radius 2 is 1.43 bits per heavy atom. The van der Waals surface area contributed by atoms with Crippen LogP contribution in [-0.4, -0.2) is 37.3 Å². The lowest BCUT2D eigenvalue weighted by Gasteiger charge is -2.03. The van der Waals surface area contributed by atoms with Crippen LogP contribution in [0.4, 0.5) is 9.59 Å². The zero-order valence-electron chi connectivity index (χ0n) is 7.33. The van der Waals surface area contributed by atoms with E-state index >= 15 is 0 Å². The van der Waals surface area contributed by atoms with Crippen molar-refractivity contribution < 1.29 is 23.8 Å². The number of halogens is 2. The lowest BCUT2D eigenvalue weighted by atomic mass is 10.5. The molecular weight excluding hydrogens is 235 g/mol. The predicted octanol–water partition coefficient (Wildman–Crippen LogP) is 2.14. The molecule has 0 aromatic carbocycles. The molecule has 82 valence electrons. The Morgan fingerprint density at radius 1 is 0.857 bits per heavy atom. The molecule has 0 rings (SSSR count). The van der Waals surface area contributed by atoms with Crippen molar-refractivity contribution in [1.82, 2.24) is 0 Å². The number of ether oxygens (including phenoxy) is 3. The summed E-state index contributed by atoms with van der Waals surface area (Å²) in [6.07, 6.45) is 0.535. The second-order valence-corrected chi connectivity index (χ2v) is 2.76. The highest BCUT2D eigenvalue weighted by atomic mass is 35.5. The molecule has 5 nitrogen and oxygen atoms in total. The number of hydrogen-bond donors (Lipinski definition) is 0. The van der Waals surface area contributed by atoms with Crippen LogP contribution in [0.5, 0.6) is 0 Å². The number of carbonyl (C=O) groups excluding carboxylic acids is 2. The van der Waals surface area contributed by atoms with E-state index in [9.17, 15) is 9.59 Å². The van der Waals surface area contributed by atoms with Gasteiger partial charge in [-0.2, -0.15) is 0 Å². The van der Waals surface area contributed by atoms with E-state index in [1.54, 1.807) is 0 Å². The normalized spacial score (nSPS) is 9.57. The highest BCUT2D eigenvalue weighted by Crippen LogP contribution is 1.91. The van der Waals surface area contributed by atoms with Crippen molar-refractivity contribution in [2.24, 2.45) is 0 Å². The third-order valence-corrected chi connectivity index (χ3v) is 1.31. The van der Waals surface area contributed by atoms with E-state index in [0.29, 0.717) is 13.0 Å². The summed E-state index contributed by atoms with van der Waals surface area (Å²) in [6, 6.07) is 0. The molecule has 0 aliphatic rings. The smallest absolute Gasteiger partial charge is 0.403 e. The summed E-state index contributed by atoms with van der Waals surface area (Å²) in [4.78, 5) is 20.2. The Balaban J connectivity index is 2.99. The van der Waals surface area contributed by atoms with Gasteiger partial charge in [-0.3, -0.25) is 0 Å². The quantitative estimate of drug-likeness (QED) is 0.508. The maximum Gasteiger partial charge on any atom is 0.403 e. The number of rotatable bonds is 7. The molecule has 0 saturated heterocycles. The predicted molar refractivity (Wildman–Crippen MR) is 49.8 cm³/mol. The Morgan fingerprint density at radius 3 is 2.00 bits per heavy atom. The Labute approximate surface area is 91.2 Å². The second kappa shape index (κ2) is 9.05. The van der Waals surface area contributed by atoms with E-state index in [0.717, 1.165) is 0 Å². The molecule has 0 aliphatic heterocycles. The first-order valence-corrected chi connectivity index (χ1v) is 4.61. The molecule has 0 heterocycles. The van der Waals surface area contributed by atoms with Gasteiger partial charge in [0.25, 0.3) is 0 Å². The van der Waals surface area contributed by atoms with Gasteiger partial charge in [-0.25, -0.2) is 9.59 Å². The molecule has 0 aromatic rings. The summed E-state index contributed by atoms with van der Waals surface area (Å²) in [5.74, 6) is 0. The van der Waals surface area contributed by atoms with E-state index in [1.165, 1.54) is 0 Å². The largest absolute Gasteiger partial charge is 0.454 e. The van der Waals surface area contributed by atoms with Gasteiger partial charge in [0, 0.05) is 36.2 Å². The SMILES string of the molecule is O=C(Cl)OCCCOCCOC(=O)Cl. The minimum Gasteiger partial charge on any atom is -0.454 e. The van der Waals surface area contributed by atoms with Crippen LogP contribution in [0, 0.1) is 0 Å². The average Bonchev–Trinajstić information content (AvgIpc) is 2.08. The lowest BCUT2D eigenvalue weighted by Crippen LogP contribution is -2.08. The first-order valence-electron chi connectivity index (χ1n) is 3.85. The summed E-state index contributed by atoms with van der Waals surface area (Å²) in [6.45, 7) is 0.965. The van der Waals surface area contributed by atoms with Crippen LogP contribution in [0.1, 0.15) is 6.42 Å². The van der Waals surface area contributed by atoms with Gasteiger partial charge in [0.15, 0.2) is 0 Å². The van der Waals surface area contributed by atoms with Crippen molar-refractivity contribution in [3.63, 3.8) is 0 Å². The Hall–Kier alpha value is -0.520. The average molecular weight is 245 g/mol. The minimum atomic E-state index is -0.857. The molecule has 0 unspecified atom stereocenters. The molecule has 0 atom stereocenters. The van der Waals surface area contributed by atoms with E-state index in [2.05, 4.69) is 9.47 Å². The summed E-state index contributed by atoms with van der Waals surface area (Å²) in [5.41, 5.74) is -1.69. The van der Waals surface area contributed by atoms with Crippen molar-refractivity contribution >= 4 is 34.1 Å². The van der Waals surface area contributed by atoms with Crippen LogP contribution < -0.4 is 0 Å². The number of hydrogen-bond acceptors (Lipinski definition) is 5. The monoisotopic (exact) mass is 244 g/mol. The third kappa shape index (κ3) is 11.5. The van der Waals surface area contributed by atoms with Gasteiger partial charge in [0.1, 0.15) is 6.61 Å². The van der Waals surface area contributed by atoms with Crippen LogP contribution in [-0.2, 0) is 14.2 Å². The van der Waals surface area contributed by atoms with Crippen molar-refractivity contribution in [1.29, 1.82) is 0 Å². The van der Waals surface area contributed by atoms with Gasteiger partial charge in [-0.15, -0.1) is 0 Å². The Bertz CT molecular complexity index is 165. The second-order valence-electron chi connectivity index (χ2n) is 2.14. The minimum absolute atomic E-state index is 0.109. The van der Waals surface area contributed by atoms with Crippen LogP contribution in [0.25, 0.3) is 0 Å². The molecule has 0 aliphatic carbocycles.